The van der Waals surface area contributed by atoms with Gasteiger partial charge in [-0.1, -0.05) is 32.3 Å². The zero-order chi connectivity index (χ0) is 13.3. The second-order valence-electron chi connectivity index (χ2n) is 5.12. The summed E-state index contributed by atoms with van der Waals surface area (Å²) in [6.45, 7) is 8.46. The highest BCUT2D eigenvalue weighted by molar-refractivity contribution is 5.88. The molecule has 104 valence electrons. The summed E-state index contributed by atoms with van der Waals surface area (Å²) in [7, 11) is 0. The van der Waals surface area contributed by atoms with Crippen LogP contribution in [0.3, 0.4) is 0 Å². The van der Waals surface area contributed by atoms with Crippen molar-refractivity contribution < 1.29 is 9.59 Å². The molecule has 1 aliphatic heterocycles. The van der Waals surface area contributed by atoms with Gasteiger partial charge in [0, 0.05) is 6.08 Å². The van der Waals surface area contributed by atoms with Crippen molar-refractivity contribution in [3.8, 4) is 0 Å². The summed E-state index contributed by atoms with van der Waals surface area (Å²) in [6.07, 6.45) is 10.9. The molecule has 1 N–H and O–H groups in total. The van der Waals surface area contributed by atoms with Crippen molar-refractivity contribution in [3.63, 3.8) is 0 Å². The Morgan fingerprint density at radius 2 is 2.11 bits per heavy atom. The van der Waals surface area contributed by atoms with Gasteiger partial charge in [-0.25, -0.2) is 4.99 Å². The van der Waals surface area contributed by atoms with Crippen LogP contribution in [0.5, 0.6) is 0 Å². The first-order valence-electron chi connectivity index (χ1n) is 7.47. The molecular weight excluding hydrogens is 224 g/mol. The number of aliphatic imine (C=N–C) groups is 1. The number of quaternary nitrogens is 1. The molecule has 0 saturated carbocycles. The molecule has 1 rings (SSSR count). The Labute approximate surface area is 112 Å². The van der Waals surface area contributed by atoms with Crippen LogP contribution >= 0.6 is 0 Å². The first-order chi connectivity index (χ1) is 8.79. The summed E-state index contributed by atoms with van der Waals surface area (Å²) in [5.41, 5.74) is 0. The minimum Gasteiger partial charge on any atom is -0.390 e. The molecule has 0 fully saturated rings. The van der Waals surface area contributed by atoms with E-state index < -0.39 is 0 Å². The van der Waals surface area contributed by atoms with E-state index in [4.69, 9.17) is 0 Å². The third kappa shape index (κ3) is 4.21. The Balaban J connectivity index is 2.42. The van der Waals surface area contributed by atoms with E-state index in [0.29, 0.717) is 0 Å². The number of allylic oxidation sites excluding steroid dienone is 1. The van der Waals surface area contributed by atoms with Crippen molar-refractivity contribution in [2.45, 2.75) is 46.0 Å². The molecule has 0 spiro atoms. The van der Waals surface area contributed by atoms with Crippen LogP contribution in [-0.4, -0.2) is 48.2 Å². The first kappa shape index (κ1) is 15.4. The molecule has 18 heavy (non-hydrogen) atoms. The molecule has 1 unspecified atom stereocenters. The van der Waals surface area contributed by atoms with Gasteiger partial charge in [-0.15, -0.1) is 0 Å². The van der Waals surface area contributed by atoms with Crippen LogP contribution in [-0.2, 0) is 0 Å². The second kappa shape index (κ2) is 8.44. The molecule has 0 aromatic rings. The molecule has 1 aliphatic rings. The van der Waals surface area contributed by atoms with E-state index in [-0.39, 0.29) is 6.61 Å². The summed E-state index contributed by atoms with van der Waals surface area (Å²) in [5, 5.41) is 9.21. The number of rotatable bonds is 9. The van der Waals surface area contributed by atoms with Crippen molar-refractivity contribution in [2.75, 3.05) is 32.8 Å². The second-order valence-corrected chi connectivity index (χ2v) is 5.12. The van der Waals surface area contributed by atoms with Crippen LogP contribution in [0.4, 0.5) is 0 Å². The van der Waals surface area contributed by atoms with Crippen molar-refractivity contribution in [3.05, 3.63) is 12.2 Å². The van der Waals surface area contributed by atoms with Gasteiger partial charge in [-0.3, -0.25) is 4.48 Å². The minimum absolute atomic E-state index is 0.247. The normalized spacial score (nSPS) is 23.8. The smallest absolute Gasteiger partial charge is 0.222 e. The highest BCUT2D eigenvalue weighted by Crippen LogP contribution is 2.16. The van der Waals surface area contributed by atoms with Crippen molar-refractivity contribution in [1.82, 2.24) is 0 Å². The van der Waals surface area contributed by atoms with Gasteiger partial charge in [-0.05, 0) is 19.8 Å². The molecule has 0 aliphatic carbocycles. The van der Waals surface area contributed by atoms with E-state index in [1.165, 1.54) is 31.5 Å². The highest BCUT2D eigenvalue weighted by atomic mass is 16.3. The summed E-state index contributed by atoms with van der Waals surface area (Å²) >= 11 is 0. The zero-order valence-electron chi connectivity index (χ0n) is 12.1. The Morgan fingerprint density at radius 1 is 1.28 bits per heavy atom. The maximum atomic E-state index is 9.21. The van der Waals surface area contributed by atoms with Gasteiger partial charge in [-0.2, -0.15) is 0 Å². The summed E-state index contributed by atoms with van der Waals surface area (Å²) in [6, 6.07) is 0. The van der Waals surface area contributed by atoms with Crippen molar-refractivity contribution in [2.24, 2.45) is 4.99 Å². The average molecular weight is 253 g/mol. The standard InChI is InChI=1S/C15H29N2O/c1-3-5-6-7-8-9-10-15-16-11-12-17(15,4-2)13-14-18/h9-10,18H,3-8,11-14H2,1-2H3/q+1/b10-9+. The van der Waals surface area contributed by atoms with Gasteiger partial charge < -0.3 is 5.11 Å². The largest absolute Gasteiger partial charge is 0.390 e. The number of hydrogen-bond donors (Lipinski definition) is 1. The van der Waals surface area contributed by atoms with Crippen LogP contribution in [0.1, 0.15) is 46.0 Å². The number of likely N-dealkylation sites (N-methyl/N-ethyl adjacent to an activating group) is 1. The maximum Gasteiger partial charge on any atom is 0.222 e. The lowest BCUT2D eigenvalue weighted by atomic mass is 10.1. The van der Waals surface area contributed by atoms with Gasteiger partial charge in [0.2, 0.25) is 5.84 Å². The lowest BCUT2D eigenvalue weighted by Gasteiger charge is -2.31. The lowest BCUT2D eigenvalue weighted by molar-refractivity contribution is -0.832. The summed E-state index contributed by atoms with van der Waals surface area (Å²) in [5.74, 6) is 1.17. The molecule has 1 heterocycles. The molecule has 0 saturated heterocycles. The van der Waals surface area contributed by atoms with E-state index in [1.54, 1.807) is 0 Å². The quantitative estimate of drug-likeness (QED) is 0.497. The van der Waals surface area contributed by atoms with Gasteiger partial charge >= 0.3 is 0 Å². The van der Waals surface area contributed by atoms with E-state index in [0.717, 1.165) is 37.1 Å². The van der Waals surface area contributed by atoms with E-state index in [9.17, 15) is 5.11 Å². The number of amidine groups is 1. The van der Waals surface area contributed by atoms with Gasteiger partial charge in [0.05, 0.1) is 19.7 Å². The first-order valence-corrected chi connectivity index (χ1v) is 7.47. The van der Waals surface area contributed by atoms with Crippen molar-refractivity contribution >= 4 is 5.84 Å². The third-order valence-corrected chi connectivity index (χ3v) is 3.91. The molecule has 0 aromatic carbocycles. The monoisotopic (exact) mass is 253 g/mol. The lowest BCUT2D eigenvalue weighted by Crippen LogP contribution is -2.51. The van der Waals surface area contributed by atoms with Crippen LogP contribution in [0.25, 0.3) is 0 Å². The summed E-state index contributed by atoms with van der Waals surface area (Å²) < 4.78 is 0.863. The fourth-order valence-electron chi connectivity index (χ4n) is 2.61. The average Bonchev–Trinajstić information content (AvgIpc) is 2.78. The number of unbranched alkanes of at least 4 members (excludes halogenated alkanes) is 4. The molecule has 0 aromatic heterocycles. The van der Waals surface area contributed by atoms with Crippen LogP contribution in [0.2, 0.25) is 0 Å². The molecule has 0 amide bonds. The fourth-order valence-corrected chi connectivity index (χ4v) is 2.61. The van der Waals surface area contributed by atoms with E-state index in [2.05, 4.69) is 31.0 Å². The summed E-state index contributed by atoms with van der Waals surface area (Å²) in [4.78, 5) is 4.60. The third-order valence-electron chi connectivity index (χ3n) is 3.91. The Hall–Kier alpha value is -0.670. The number of nitrogens with zero attached hydrogens (tertiary/aromatic N) is 2. The topological polar surface area (TPSA) is 32.6 Å². The molecule has 0 radical (unpaired) electrons. The molecule has 1 atom stereocenters. The van der Waals surface area contributed by atoms with Gasteiger partial charge in [0.1, 0.15) is 13.1 Å². The molecular formula is C15H29N2O+. The van der Waals surface area contributed by atoms with E-state index in [1.807, 2.05) is 0 Å². The minimum atomic E-state index is 0.247. The Morgan fingerprint density at radius 3 is 2.78 bits per heavy atom. The van der Waals surface area contributed by atoms with E-state index >= 15 is 0 Å². The number of aliphatic hydroxyl groups excluding tert-OH is 1. The Kier molecular flexibility index (Phi) is 7.21. The zero-order valence-corrected chi connectivity index (χ0v) is 12.1. The Bertz CT molecular complexity index is 286. The fraction of sp³-hybridized carbons (Fsp3) is 0.800. The van der Waals surface area contributed by atoms with Crippen LogP contribution in [0.15, 0.2) is 17.1 Å². The predicted octanol–water partition coefficient (Wildman–Crippen LogP) is 2.75. The van der Waals surface area contributed by atoms with Crippen LogP contribution < -0.4 is 0 Å². The molecule has 0 bridgehead atoms. The molecule has 3 heteroatoms. The highest BCUT2D eigenvalue weighted by Gasteiger charge is 2.34. The maximum absolute atomic E-state index is 9.21. The molecule has 3 nitrogen and oxygen atoms in total. The van der Waals surface area contributed by atoms with Gasteiger partial charge in [0.15, 0.2) is 0 Å². The predicted molar refractivity (Wildman–Crippen MR) is 77.8 cm³/mol. The number of hydrogen-bond acceptors (Lipinski definition) is 2. The number of aliphatic hydroxyl groups is 1. The SMILES string of the molecule is CCCCCC/C=C/C1=NCC[N+]1(CC)CCO. The van der Waals surface area contributed by atoms with Crippen LogP contribution in [0, 0.1) is 0 Å². The van der Waals surface area contributed by atoms with Crippen molar-refractivity contribution in [1.29, 1.82) is 0 Å². The van der Waals surface area contributed by atoms with Gasteiger partial charge in [0.25, 0.3) is 0 Å².